The van der Waals surface area contributed by atoms with E-state index in [0.717, 1.165) is 25.7 Å². The van der Waals surface area contributed by atoms with E-state index in [9.17, 15) is 0 Å². The van der Waals surface area contributed by atoms with Crippen LogP contribution in [0.4, 0.5) is 0 Å². The zero-order valence-corrected chi connectivity index (χ0v) is 19.1. The third-order valence-electron chi connectivity index (χ3n) is 6.82. The summed E-state index contributed by atoms with van der Waals surface area (Å²) in [5.41, 5.74) is 11.5. The molecule has 0 atom stereocenters. The van der Waals surface area contributed by atoms with Crippen LogP contribution < -0.4 is 0 Å². The summed E-state index contributed by atoms with van der Waals surface area (Å²) in [6.45, 7) is 4.44. The Morgan fingerprint density at radius 1 is 0.594 bits per heavy atom. The highest BCUT2D eigenvalue weighted by atomic mass is 14.2. The van der Waals surface area contributed by atoms with Crippen molar-refractivity contribution in [2.24, 2.45) is 0 Å². The lowest BCUT2D eigenvalue weighted by Crippen LogP contribution is -2.05. The van der Waals surface area contributed by atoms with Crippen LogP contribution in [0.2, 0.25) is 0 Å². The number of rotatable bonds is 5. The Bertz CT molecular complexity index is 1320. The van der Waals surface area contributed by atoms with Crippen molar-refractivity contribution < 1.29 is 0 Å². The van der Waals surface area contributed by atoms with Crippen molar-refractivity contribution in [3.8, 4) is 0 Å². The molecule has 0 spiro atoms. The second-order valence-electron chi connectivity index (χ2n) is 9.06. The third-order valence-corrected chi connectivity index (χ3v) is 6.82. The molecule has 0 N–H and O–H groups in total. The summed E-state index contributed by atoms with van der Waals surface area (Å²) in [5.74, 6) is 0. The Labute approximate surface area is 191 Å². The molecular weight excluding hydrogens is 384 g/mol. The smallest absolute Gasteiger partial charge is 0.00575 e. The molecule has 0 unspecified atom stereocenters. The molecule has 0 nitrogen and oxygen atoms in total. The molecule has 0 saturated carbocycles. The van der Waals surface area contributed by atoms with Crippen molar-refractivity contribution in [2.75, 3.05) is 0 Å². The summed E-state index contributed by atoms with van der Waals surface area (Å²) in [4.78, 5) is 0. The minimum absolute atomic E-state index is 1.02. The average molecular weight is 415 g/mol. The molecule has 0 radical (unpaired) electrons. The van der Waals surface area contributed by atoms with Crippen molar-refractivity contribution >= 4 is 16.3 Å². The lowest BCUT2D eigenvalue weighted by molar-refractivity contribution is 0.849. The number of hydrogen-bond donors (Lipinski definition) is 0. The first kappa shape index (κ1) is 20.5. The highest BCUT2D eigenvalue weighted by molar-refractivity contribution is 5.89. The standard InChI is InChI=1S/C32H30/c1-23-10-6-7-15-30(23)32-22-26(18-19-28(32)20-25-12-4-3-5-13-25)21-27-14-9-16-29-24(2)11-8-17-31(27)29/h3-17,22H,18-21H2,1-2H3. The highest BCUT2D eigenvalue weighted by Crippen LogP contribution is 2.36. The molecule has 0 saturated heterocycles. The Kier molecular flexibility index (Phi) is 5.77. The molecule has 1 aliphatic carbocycles. The molecule has 158 valence electrons. The van der Waals surface area contributed by atoms with Gasteiger partial charge in [0, 0.05) is 0 Å². The van der Waals surface area contributed by atoms with E-state index in [1.54, 1.807) is 5.57 Å². The Balaban J connectivity index is 1.56. The fraction of sp³-hybridized carbons (Fsp3) is 0.188. The van der Waals surface area contributed by atoms with Crippen molar-refractivity contribution in [3.05, 3.63) is 136 Å². The Morgan fingerprint density at radius 2 is 1.31 bits per heavy atom. The summed E-state index contributed by atoms with van der Waals surface area (Å²) >= 11 is 0. The average Bonchev–Trinajstić information content (AvgIpc) is 2.82. The Hall–Kier alpha value is -3.38. The Morgan fingerprint density at radius 3 is 2.16 bits per heavy atom. The van der Waals surface area contributed by atoms with Crippen LogP contribution in [0.15, 0.2) is 108 Å². The molecule has 0 heterocycles. The van der Waals surface area contributed by atoms with Gasteiger partial charge in [-0.15, -0.1) is 0 Å². The predicted molar refractivity (Wildman–Crippen MR) is 138 cm³/mol. The number of hydrogen-bond acceptors (Lipinski definition) is 0. The van der Waals surface area contributed by atoms with Crippen LogP contribution >= 0.6 is 0 Å². The summed E-state index contributed by atoms with van der Waals surface area (Å²) in [6.07, 6.45) is 6.82. The second-order valence-corrected chi connectivity index (χ2v) is 9.06. The topological polar surface area (TPSA) is 0 Å². The largest absolute Gasteiger partial charge is 0.0649 e. The van der Waals surface area contributed by atoms with Gasteiger partial charge in [0.15, 0.2) is 0 Å². The van der Waals surface area contributed by atoms with Gasteiger partial charge in [0.2, 0.25) is 0 Å². The van der Waals surface area contributed by atoms with Crippen LogP contribution in [-0.2, 0) is 12.8 Å². The molecule has 1 aliphatic rings. The quantitative estimate of drug-likeness (QED) is 0.307. The maximum atomic E-state index is 2.50. The number of fused-ring (bicyclic) bond motifs is 1. The van der Waals surface area contributed by atoms with Crippen LogP contribution in [0.5, 0.6) is 0 Å². The van der Waals surface area contributed by atoms with E-state index in [0.29, 0.717) is 0 Å². The summed E-state index contributed by atoms with van der Waals surface area (Å²) < 4.78 is 0. The van der Waals surface area contributed by atoms with Gasteiger partial charge in [-0.2, -0.15) is 0 Å². The van der Waals surface area contributed by atoms with Crippen LogP contribution in [0.25, 0.3) is 16.3 Å². The summed E-state index contributed by atoms with van der Waals surface area (Å²) in [5, 5.41) is 2.77. The van der Waals surface area contributed by atoms with Crippen LogP contribution in [0.1, 0.15) is 40.7 Å². The fourth-order valence-electron chi connectivity index (χ4n) is 5.06. The molecule has 4 aromatic carbocycles. The van der Waals surface area contributed by atoms with Gasteiger partial charge in [0.25, 0.3) is 0 Å². The first-order valence-electron chi connectivity index (χ1n) is 11.7. The van der Waals surface area contributed by atoms with Gasteiger partial charge in [-0.3, -0.25) is 0 Å². The van der Waals surface area contributed by atoms with E-state index in [1.165, 1.54) is 49.7 Å². The van der Waals surface area contributed by atoms with Gasteiger partial charge in [0.1, 0.15) is 0 Å². The first-order valence-corrected chi connectivity index (χ1v) is 11.7. The van der Waals surface area contributed by atoms with Gasteiger partial charge < -0.3 is 0 Å². The van der Waals surface area contributed by atoms with E-state index in [4.69, 9.17) is 0 Å². The van der Waals surface area contributed by atoms with Crippen LogP contribution in [0, 0.1) is 13.8 Å². The van der Waals surface area contributed by atoms with E-state index in [1.807, 2.05) is 0 Å². The highest BCUT2D eigenvalue weighted by Gasteiger charge is 2.17. The first-order chi connectivity index (χ1) is 15.7. The number of aryl methyl sites for hydroxylation is 2. The molecule has 0 heteroatoms. The van der Waals surface area contributed by atoms with Crippen molar-refractivity contribution in [3.63, 3.8) is 0 Å². The SMILES string of the molecule is Cc1ccccc1C1=C(Cc2ccccc2)CCC(Cc2cccc3c(C)cccc23)=C1. The maximum absolute atomic E-state index is 2.50. The van der Waals surface area contributed by atoms with Crippen molar-refractivity contribution in [1.82, 2.24) is 0 Å². The lowest BCUT2D eigenvalue weighted by atomic mass is 9.82. The molecule has 32 heavy (non-hydrogen) atoms. The molecule has 5 rings (SSSR count). The fourth-order valence-corrected chi connectivity index (χ4v) is 5.06. The van der Waals surface area contributed by atoms with E-state index >= 15 is 0 Å². The van der Waals surface area contributed by atoms with Crippen molar-refractivity contribution in [1.29, 1.82) is 0 Å². The van der Waals surface area contributed by atoms with Gasteiger partial charge >= 0.3 is 0 Å². The van der Waals surface area contributed by atoms with E-state index < -0.39 is 0 Å². The summed E-state index contributed by atoms with van der Waals surface area (Å²) in [6, 6.07) is 33.2. The zero-order valence-electron chi connectivity index (χ0n) is 19.1. The van der Waals surface area contributed by atoms with Gasteiger partial charge in [0.05, 0.1) is 0 Å². The molecule has 0 bridgehead atoms. The number of benzene rings is 4. The third kappa shape index (κ3) is 4.18. The maximum Gasteiger partial charge on any atom is -0.00575 e. The summed E-state index contributed by atoms with van der Waals surface area (Å²) in [7, 11) is 0. The normalized spacial score (nSPS) is 14.0. The van der Waals surface area contributed by atoms with E-state index in [2.05, 4.69) is 111 Å². The van der Waals surface area contributed by atoms with Crippen LogP contribution in [-0.4, -0.2) is 0 Å². The molecule has 0 aliphatic heterocycles. The second kappa shape index (κ2) is 9.01. The molecule has 0 fully saturated rings. The zero-order chi connectivity index (χ0) is 21.9. The molecular formula is C32H30. The monoisotopic (exact) mass is 414 g/mol. The predicted octanol–water partition coefficient (Wildman–Crippen LogP) is 8.42. The number of allylic oxidation sites excluding steroid dienone is 4. The van der Waals surface area contributed by atoms with Gasteiger partial charge in [-0.05, 0) is 83.7 Å². The van der Waals surface area contributed by atoms with Gasteiger partial charge in [-0.25, -0.2) is 0 Å². The van der Waals surface area contributed by atoms with E-state index in [-0.39, 0.29) is 0 Å². The molecule has 4 aromatic rings. The van der Waals surface area contributed by atoms with Gasteiger partial charge in [-0.1, -0.05) is 108 Å². The molecule has 0 aromatic heterocycles. The lowest BCUT2D eigenvalue weighted by Gasteiger charge is -2.23. The van der Waals surface area contributed by atoms with Crippen LogP contribution in [0.3, 0.4) is 0 Å². The minimum atomic E-state index is 1.02. The van der Waals surface area contributed by atoms with Crippen molar-refractivity contribution in [2.45, 2.75) is 39.5 Å². The minimum Gasteiger partial charge on any atom is -0.0649 e. The molecule has 0 amide bonds.